The number of amides is 1. The van der Waals surface area contributed by atoms with Gasteiger partial charge >= 0.3 is 0 Å². The van der Waals surface area contributed by atoms with Crippen LogP contribution in [-0.2, 0) is 0 Å². The number of imidazole rings is 1. The van der Waals surface area contributed by atoms with E-state index in [2.05, 4.69) is 11.9 Å². The summed E-state index contributed by atoms with van der Waals surface area (Å²) in [6.45, 7) is 5.00. The molecule has 3 atom stereocenters. The van der Waals surface area contributed by atoms with Crippen LogP contribution in [0.4, 0.5) is 0 Å². The molecule has 0 unspecified atom stereocenters. The van der Waals surface area contributed by atoms with E-state index >= 15 is 0 Å². The highest BCUT2D eigenvalue weighted by Crippen LogP contribution is 2.46. The largest absolute Gasteiger partial charge is 0.393 e. The number of carbonyl (C=O) groups excluding carboxylic acids is 1. The monoisotopic (exact) mass is 313 g/mol. The third kappa shape index (κ3) is 2.34. The number of fused-ring (bicyclic) bond motifs is 2. The van der Waals surface area contributed by atoms with Gasteiger partial charge in [-0.05, 0) is 49.7 Å². The highest BCUT2D eigenvalue weighted by Gasteiger charge is 2.49. The Balaban J connectivity index is 1.63. The summed E-state index contributed by atoms with van der Waals surface area (Å²) in [6, 6.07) is 4.17. The van der Waals surface area contributed by atoms with Crippen molar-refractivity contribution >= 4 is 11.6 Å². The number of hydrogen-bond acceptors (Lipinski definition) is 3. The maximum Gasteiger partial charge on any atom is 0.274 e. The minimum absolute atomic E-state index is 0.0245. The highest BCUT2D eigenvalue weighted by atomic mass is 16.3. The molecule has 2 aliphatic rings. The summed E-state index contributed by atoms with van der Waals surface area (Å²) in [5.74, 6) is 0.0245. The average molecular weight is 313 g/mol. The number of aliphatic hydroxyl groups is 1. The molecule has 3 heterocycles. The Morgan fingerprint density at radius 3 is 3.00 bits per heavy atom. The van der Waals surface area contributed by atoms with Crippen LogP contribution in [0.3, 0.4) is 0 Å². The summed E-state index contributed by atoms with van der Waals surface area (Å²) < 4.78 is 1.92. The van der Waals surface area contributed by atoms with E-state index < -0.39 is 0 Å². The van der Waals surface area contributed by atoms with Crippen molar-refractivity contribution in [2.45, 2.75) is 51.7 Å². The molecule has 0 radical (unpaired) electrons. The van der Waals surface area contributed by atoms with E-state index in [1.807, 2.05) is 40.8 Å². The maximum atomic E-state index is 13.0. The van der Waals surface area contributed by atoms with Crippen LogP contribution in [0.1, 0.15) is 48.7 Å². The first-order chi connectivity index (χ1) is 11.0. The summed E-state index contributed by atoms with van der Waals surface area (Å²) in [7, 11) is 0. The number of aryl methyl sites for hydroxylation is 1. The van der Waals surface area contributed by atoms with E-state index in [0.717, 1.165) is 43.4 Å². The Bertz CT molecular complexity index is 769. The van der Waals surface area contributed by atoms with Crippen LogP contribution >= 0.6 is 0 Å². The van der Waals surface area contributed by atoms with Crippen molar-refractivity contribution in [2.75, 3.05) is 6.54 Å². The van der Waals surface area contributed by atoms with Crippen molar-refractivity contribution in [1.29, 1.82) is 0 Å². The Hall–Kier alpha value is -1.88. The van der Waals surface area contributed by atoms with Crippen LogP contribution in [-0.4, -0.2) is 44.0 Å². The number of hydrogen-bond donors (Lipinski definition) is 1. The lowest BCUT2D eigenvalue weighted by Gasteiger charge is -2.41. The lowest BCUT2D eigenvalue weighted by atomic mass is 9.71. The molecule has 1 aliphatic heterocycles. The molecule has 5 heteroatoms. The number of likely N-dealkylation sites (tertiary alicyclic amines) is 1. The van der Waals surface area contributed by atoms with Crippen LogP contribution in [0.15, 0.2) is 24.5 Å². The molecular weight excluding hydrogens is 290 g/mol. The number of nitrogens with zero attached hydrogens (tertiary/aromatic N) is 3. The second kappa shape index (κ2) is 5.06. The van der Waals surface area contributed by atoms with Crippen molar-refractivity contribution in [2.24, 2.45) is 5.41 Å². The maximum absolute atomic E-state index is 13.0. The fourth-order valence-corrected chi connectivity index (χ4v) is 4.40. The van der Waals surface area contributed by atoms with Crippen molar-refractivity contribution < 1.29 is 9.90 Å². The van der Waals surface area contributed by atoms with Crippen LogP contribution in [0.2, 0.25) is 0 Å². The standard InChI is InChI=1S/C18H23N3O2/c1-12-3-6-16-19-14(11-20(16)10-12)17(23)21-8-7-18(2)9-13(22)4-5-15(18)21/h3,6,10-11,13,15,22H,4-5,7-9H2,1-2H3/t13-,15-,18+/m1/s1. The fraction of sp³-hybridized carbons (Fsp3) is 0.556. The van der Waals surface area contributed by atoms with Gasteiger partial charge in [-0.2, -0.15) is 0 Å². The minimum atomic E-state index is -0.218. The molecule has 23 heavy (non-hydrogen) atoms. The molecule has 1 amide bonds. The molecule has 0 aromatic carbocycles. The number of aliphatic hydroxyl groups excluding tert-OH is 1. The lowest BCUT2D eigenvalue weighted by Crippen LogP contribution is -2.46. The van der Waals surface area contributed by atoms with E-state index in [1.165, 1.54) is 0 Å². The van der Waals surface area contributed by atoms with Crippen LogP contribution in [0.25, 0.3) is 5.65 Å². The van der Waals surface area contributed by atoms with Gasteiger partial charge in [0.05, 0.1) is 6.10 Å². The van der Waals surface area contributed by atoms with Gasteiger partial charge in [-0.1, -0.05) is 13.0 Å². The molecule has 122 valence electrons. The van der Waals surface area contributed by atoms with Crippen molar-refractivity contribution in [3.05, 3.63) is 35.8 Å². The van der Waals surface area contributed by atoms with Crippen molar-refractivity contribution in [3.63, 3.8) is 0 Å². The molecular formula is C18H23N3O2. The SMILES string of the molecule is Cc1ccc2nc(C(=O)N3CC[C@@]4(C)C[C@H](O)CC[C@@H]34)cn2c1. The topological polar surface area (TPSA) is 57.8 Å². The third-order valence-corrected chi connectivity index (χ3v) is 5.66. The molecule has 0 spiro atoms. The van der Waals surface area contributed by atoms with Gasteiger partial charge in [0.25, 0.3) is 5.91 Å². The van der Waals surface area contributed by atoms with Gasteiger partial charge in [-0.3, -0.25) is 4.79 Å². The molecule has 5 nitrogen and oxygen atoms in total. The zero-order valence-corrected chi connectivity index (χ0v) is 13.7. The van der Waals surface area contributed by atoms with Crippen LogP contribution in [0, 0.1) is 12.3 Å². The van der Waals surface area contributed by atoms with Gasteiger partial charge in [0.15, 0.2) is 0 Å². The summed E-state index contributed by atoms with van der Waals surface area (Å²) in [5.41, 5.74) is 2.51. The molecule has 2 fully saturated rings. The molecule has 2 aromatic heterocycles. The zero-order valence-electron chi connectivity index (χ0n) is 13.7. The first-order valence-electron chi connectivity index (χ1n) is 8.41. The molecule has 1 saturated carbocycles. The average Bonchev–Trinajstić information content (AvgIpc) is 3.06. The third-order valence-electron chi connectivity index (χ3n) is 5.66. The number of carbonyl (C=O) groups is 1. The predicted octanol–water partition coefficient (Wildman–Crippen LogP) is 2.41. The zero-order chi connectivity index (χ0) is 16.2. The molecule has 2 aromatic rings. The van der Waals surface area contributed by atoms with Crippen molar-refractivity contribution in [1.82, 2.24) is 14.3 Å². The Morgan fingerprint density at radius 1 is 1.35 bits per heavy atom. The number of aromatic nitrogens is 2. The Labute approximate surface area is 135 Å². The van der Waals surface area contributed by atoms with Gasteiger partial charge in [0.1, 0.15) is 11.3 Å². The fourth-order valence-electron chi connectivity index (χ4n) is 4.40. The van der Waals surface area contributed by atoms with Gasteiger partial charge in [0.2, 0.25) is 0 Å². The molecule has 4 rings (SSSR count). The summed E-state index contributed by atoms with van der Waals surface area (Å²) in [6.07, 6.45) is 7.04. The van der Waals surface area contributed by atoms with Gasteiger partial charge in [-0.25, -0.2) is 4.98 Å². The van der Waals surface area contributed by atoms with Gasteiger partial charge in [0, 0.05) is 25.0 Å². The molecule has 0 bridgehead atoms. The molecule has 1 saturated heterocycles. The predicted molar refractivity (Wildman–Crippen MR) is 87.3 cm³/mol. The summed E-state index contributed by atoms with van der Waals surface area (Å²) >= 11 is 0. The smallest absolute Gasteiger partial charge is 0.274 e. The first kappa shape index (κ1) is 14.7. The lowest BCUT2D eigenvalue weighted by molar-refractivity contribution is 0.0209. The Morgan fingerprint density at radius 2 is 2.17 bits per heavy atom. The second-order valence-corrected chi connectivity index (χ2v) is 7.45. The van der Waals surface area contributed by atoms with Gasteiger partial charge in [-0.15, -0.1) is 0 Å². The normalized spacial score (nSPS) is 30.7. The quantitative estimate of drug-likeness (QED) is 0.879. The van der Waals surface area contributed by atoms with Crippen LogP contribution in [0.5, 0.6) is 0 Å². The number of rotatable bonds is 1. The summed E-state index contributed by atoms with van der Waals surface area (Å²) in [5, 5.41) is 9.97. The van der Waals surface area contributed by atoms with Crippen molar-refractivity contribution in [3.8, 4) is 0 Å². The Kier molecular flexibility index (Phi) is 3.23. The van der Waals surface area contributed by atoms with E-state index in [-0.39, 0.29) is 23.5 Å². The van der Waals surface area contributed by atoms with Crippen LogP contribution < -0.4 is 0 Å². The summed E-state index contributed by atoms with van der Waals surface area (Å²) in [4.78, 5) is 19.5. The highest BCUT2D eigenvalue weighted by molar-refractivity contribution is 5.93. The van der Waals surface area contributed by atoms with E-state index in [1.54, 1.807) is 0 Å². The number of pyridine rings is 1. The second-order valence-electron chi connectivity index (χ2n) is 7.45. The van der Waals surface area contributed by atoms with Gasteiger partial charge < -0.3 is 14.4 Å². The van der Waals surface area contributed by atoms with E-state index in [4.69, 9.17) is 0 Å². The van der Waals surface area contributed by atoms with E-state index in [0.29, 0.717) is 5.69 Å². The minimum Gasteiger partial charge on any atom is -0.393 e. The molecule has 1 N–H and O–H groups in total. The first-order valence-corrected chi connectivity index (χ1v) is 8.41. The van der Waals surface area contributed by atoms with E-state index in [9.17, 15) is 9.90 Å². The molecule has 1 aliphatic carbocycles.